The standard InChI is InChI=1S/C12H10BO2/c14-13-10-5-4-8-12(9-10)15-11-6-2-1-3-7-11/h1-9,14H. The largest absolute Gasteiger partial charge is 0.457 e. The molecule has 0 aliphatic heterocycles. The topological polar surface area (TPSA) is 29.5 Å². The summed E-state index contributed by atoms with van der Waals surface area (Å²) in [6.45, 7) is 0. The maximum atomic E-state index is 8.85. The van der Waals surface area contributed by atoms with Crippen LogP contribution < -0.4 is 10.2 Å². The molecular weight excluding hydrogens is 187 g/mol. The molecule has 0 unspecified atom stereocenters. The third-order valence-corrected chi connectivity index (χ3v) is 1.99. The highest BCUT2D eigenvalue weighted by molar-refractivity contribution is 6.45. The molecule has 2 aromatic rings. The van der Waals surface area contributed by atoms with E-state index in [0.717, 1.165) is 18.7 Å². The minimum Gasteiger partial charge on any atom is -0.457 e. The summed E-state index contributed by atoms with van der Waals surface area (Å²) in [5.41, 5.74) is 0.725. The number of hydrogen-bond acceptors (Lipinski definition) is 2. The molecule has 0 amide bonds. The second kappa shape index (κ2) is 4.67. The maximum Gasteiger partial charge on any atom is 0.326 e. The van der Waals surface area contributed by atoms with Crippen LogP contribution in [0.15, 0.2) is 54.6 Å². The van der Waals surface area contributed by atoms with Gasteiger partial charge in [0.15, 0.2) is 0 Å². The first kappa shape index (κ1) is 9.81. The van der Waals surface area contributed by atoms with Gasteiger partial charge in [-0.05, 0) is 24.3 Å². The molecular formula is C12H10BO2. The summed E-state index contributed by atoms with van der Waals surface area (Å²) in [5, 5.41) is 8.85. The molecule has 0 saturated heterocycles. The van der Waals surface area contributed by atoms with Crippen molar-refractivity contribution in [2.24, 2.45) is 0 Å². The van der Waals surface area contributed by atoms with Crippen molar-refractivity contribution < 1.29 is 9.76 Å². The van der Waals surface area contributed by atoms with Gasteiger partial charge in [-0.1, -0.05) is 35.8 Å². The van der Waals surface area contributed by atoms with Gasteiger partial charge in [0, 0.05) is 0 Å². The Balaban J connectivity index is 2.17. The molecule has 1 N–H and O–H groups in total. The summed E-state index contributed by atoms with van der Waals surface area (Å²) >= 11 is 0. The average Bonchev–Trinajstić information content (AvgIpc) is 2.31. The zero-order valence-corrected chi connectivity index (χ0v) is 8.13. The van der Waals surface area contributed by atoms with Crippen LogP contribution in [0.5, 0.6) is 11.5 Å². The average molecular weight is 197 g/mol. The number of ether oxygens (including phenoxy) is 1. The fraction of sp³-hybridized carbons (Fsp3) is 0. The number of benzene rings is 2. The SMILES string of the molecule is O[B]c1cccc(Oc2ccccc2)c1. The highest BCUT2D eigenvalue weighted by Crippen LogP contribution is 2.18. The van der Waals surface area contributed by atoms with Gasteiger partial charge < -0.3 is 9.76 Å². The summed E-state index contributed by atoms with van der Waals surface area (Å²) in [6, 6.07) is 16.8. The van der Waals surface area contributed by atoms with Crippen molar-refractivity contribution in [3.8, 4) is 11.5 Å². The Bertz CT molecular complexity index is 429. The maximum absolute atomic E-state index is 8.85. The van der Waals surface area contributed by atoms with Crippen LogP contribution in [-0.2, 0) is 0 Å². The molecule has 0 spiro atoms. The van der Waals surface area contributed by atoms with Gasteiger partial charge in [0.1, 0.15) is 11.5 Å². The number of para-hydroxylation sites is 1. The fourth-order valence-corrected chi connectivity index (χ4v) is 1.28. The van der Waals surface area contributed by atoms with Crippen molar-refractivity contribution in [3.05, 3.63) is 54.6 Å². The van der Waals surface area contributed by atoms with E-state index in [1.165, 1.54) is 0 Å². The minimum atomic E-state index is 0.712. The Morgan fingerprint density at radius 1 is 0.867 bits per heavy atom. The van der Waals surface area contributed by atoms with Gasteiger partial charge in [0.2, 0.25) is 0 Å². The molecule has 0 fully saturated rings. The molecule has 0 aliphatic rings. The Hall–Kier alpha value is -1.74. The molecule has 0 heterocycles. The highest BCUT2D eigenvalue weighted by atomic mass is 16.5. The first-order chi connectivity index (χ1) is 7.38. The molecule has 0 aromatic heterocycles. The lowest BCUT2D eigenvalue weighted by Gasteiger charge is -2.05. The van der Waals surface area contributed by atoms with E-state index in [1.54, 1.807) is 12.1 Å². The summed E-state index contributed by atoms with van der Waals surface area (Å²) in [6.07, 6.45) is 0. The molecule has 0 aliphatic carbocycles. The van der Waals surface area contributed by atoms with E-state index in [0.29, 0.717) is 5.75 Å². The predicted molar refractivity (Wildman–Crippen MR) is 60.6 cm³/mol. The molecule has 2 rings (SSSR count). The Morgan fingerprint density at radius 3 is 2.33 bits per heavy atom. The van der Waals surface area contributed by atoms with Crippen LogP contribution >= 0.6 is 0 Å². The van der Waals surface area contributed by atoms with Crippen molar-refractivity contribution in [3.63, 3.8) is 0 Å². The lowest BCUT2D eigenvalue weighted by Crippen LogP contribution is -2.12. The van der Waals surface area contributed by atoms with Crippen LogP contribution in [0.1, 0.15) is 0 Å². The lowest BCUT2D eigenvalue weighted by atomic mass is 9.89. The Labute approximate surface area is 89.4 Å². The van der Waals surface area contributed by atoms with Crippen molar-refractivity contribution in [1.29, 1.82) is 0 Å². The molecule has 0 atom stereocenters. The normalized spacial score (nSPS) is 9.67. The van der Waals surface area contributed by atoms with E-state index in [2.05, 4.69) is 0 Å². The van der Waals surface area contributed by atoms with Crippen molar-refractivity contribution in [2.75, 3.05) is 0 Å². The van der Waals surface area contributed by atoms with Crippen LogP contribution in [-0.4, -0.2) is 12.5 Å². The van der Waals surface area contributed by atoms with Gasteiger partial charge in [0.05, 0.1) is 0 Å². The first-order valence-corrected chi connectivity index (χ1v) is 4.69. The Kier molecular flexibility index (Phi) is 3.05. The van der Waals surface area contributed by atoms with E-state index in [-0.39, 0.29) is 0 Å². The molecule has 73 valence electrons. The highest BCUT2D eigenvalue weighted by Gasteiger charge is 1.98. The molecule has 2 nitrogen and oxygen atoms in total. The number of hydrogen-bond donors (Lipinski definition) is 1. The van der Waals surface area contributed by atoms with Crippen LogP contribution in [0.3, 0.4) is 0 Å². The van der Waals surface area contributed by atoms with Crippen LogP contribution in [0.4, 0.5) is 0 Å². The summed E-state index contributed by atoms with van der Waals surface area (Å²) in [5.74, 6) is 1.50. The van der Waals surface area contributed by atoms with Crippen molar-refractivity contribution in [2.45, 2.75) is 0 Å². The van der Waals surface area contributed by atoms with E-state index in [1.807, 2.05) is 42.5 Å². The molecule has 0 bridgehead atoms. The summed E-state index contributed by atoms with van der Waals surface area (Å²) in [4.78, 5) is 0. The second-order valence-electron chi connectivity index (χ2n) is 3.12. The molecule has 3 heteroatoms. The van der Waals surface area contributed by atoms with Gasteiger partial charge in [0.25, 0.3) is 0 Å². The van der Waals surface area contributed by atoms with E-state index in [9.17, 15) is 0 Å². The van der Waals surface area contributed by atoms with E-state index >= 15 is 0 Å². The molecule has 2 aromatic carbocycles. The monoisotopic (exact) mass is 197 g/mol. The fourth-order valence-electron chi connectivity index (χ4n) is 1.28. The number of rotatable bonds is 3. The van der Waals surface area contributed by atoms with Gasteiger partial charge in [-0.25, -0.2) is 0 Å². The zero-order valence-electron chi connectivity index (χ0n) is 8.13. The molecule has 0 saturated carbocycles. The second-order valence-corrected chi connectivity index (χ2v) is 3.12. The Morgan fingerprint density at radius 2 is 1.60 bits per heavy atom. The van der Waals surface area contributed by atoms with E-state index in [4.69, 9.17) is 9.76 Å². The zero-order chi connectivity index (χ0) is 10.5. The smallest absolute Gasteiger partial charge is 0.326 e. The predicted octanol–water partition coefficient (Wildman–Crippen LogP) is 1.72. The van der Waals surface area contributed by atoms with Gasteiger partial charge in [-0.15, -0.1) is 0 Å². The van der Waals surface area contributed by atoms with Crippen molar-refractivity contribution in [1.82, 2.24) is 0 Å². The van der Waals surface area contributed by atoms with Crippen molar-refractivity contribution >= 4 is 12.9 Å². The first-order valence-electron chi connectivity index (χ1n) is 4.69. The van der Waals surface area contributed by atoms with E-state index < -0.39 is 0 Å². The third-order valence-electron chi connectivity index (χ3n) is 1.99. The minimum absolute atomic E-state index is 0.712. The molecule has 15 heavy (non-hydrogen) atoms. The quantitative estimate of drug-likeness (QED) is 0.759. The van der Waals surface area contributed by atoms with Crippen LogP contribution in [0.2, 0.25) is 0 Å². The molecule has 1 radical (unpaired) electrons. The van der Waals surface area contributed by atoms with Crippen LogP contribution in [0, 0.1) is 0 Å². The van der Waals surface area contributed by atoms with Crippen LogP contribution in [0.25, 0.3) is 0 Å². The van der Waals surface area contributed by atoms with Gasteiger partial charge in [-0.3, -0.25) is 0 Å². The van der Waals surface area contributed by atoms with Gasteiger partial charge >= 0.3 is 7.48 Å². The lowest BCUT2D eigenvalue weighted by molar-refractivity contribution is 0.483. The summed E-state index contributed by atoms with van der Waals surface area (Å²) < 4.78 is 5.59. The summed E-state index contributed by atoms with van der Waals surface area (Å²) in [7, 11) is 1.05. The third kappa shape index (κ3) is 2.61. The van der Waals surface area contributed by atoms with Gasteiger partial charge in [-0.2, -0.15) is 0 Å².